The molecule has 0 radical (unpaired) electrons. The topological polar surface area (TPSA) is 67.4 Å². The van der Waals surface area contributed by atoms with Gasteiger partial charge in [0.15, 0.2) is 0 Å². The van der Waals surface area contributed by atoms with Gasteiger partial charge in [-0.1, -0.05) is 12.1 Å². The normalized spacial score (nSPS) is 13.9. The minimum Gasteiger partial charge on any atom is -0.453 e. The minimum atomic E-state index is -0.586. The van der Waals surface area contributed by atoms with Gasteiger partial charge in [0.25, 0.3) is 5.91 Å². The van der Waals surface area contributed by atoms with E-state index in [4.69, 9.17) is 0 Å². The third-order valence-corrected chi connectivity index (χ3v) is 2.51. The molecule has 90 valence electrons. The number of hydrogen-bond donors (Lipinski definition) is 2. The first-order valence-corrected chi connectivity index (χ1v) is 5.45. The molecule has 5 nitrogen and oxygen atoms in total. The maximum atomic E-state index is 11.9. The minimum absolute atomic E-state index is 0.167. The van der Waals surface area contributed by atoms with Crippen molar-refractivity contribution in [3.8, 4) is 0 Å². The summed E-state index contributed by atoms with van der Waals surface area (Å²) in [5.41, 5.74) is 0.905. The van der Waals surface area contributed by atoms with Gasteiger partial charge in [-0.2, -0.15) is 0 Å². The van der Waals surface area contributed by atoms with E-state index in [2.05, 4.69) is 15.4 Å². The number of nitrogens with one attached hydrogen (secondary N) is 2. The highest BCUT2D eigenvalue weighted by atomic mass is 16.5. The molecular formula is C12H14N2O3. The molecule has 1 saturated carbocycles. The second-order valence-corrected chi connectivity index (χ2v) is 3.91. The van der Waals surface area contributed by atoms with Crippen molar-refractivity contribution in [1.82, 2.24) is 5.32 Å². The standard InChI is InChI=1S/C12H14N2O3/c1-17-12(16)14-10-5-3-2-4-9(10)11(15)13-8-6-7-8/h2-5,8H,6-7H2,1H3,(H,13,15)(H,14,16). The third kappa shape index (κ3) is 2.96. The van der Waals surface area contributed by atoms with E-state index < -0.39 is 6.09 Å². The molecule has 1 fully saturated rings. The molecule has 0 heterocycles. The van der Waals surface area contributed by atoms with E-state index in [0.717, 1.165) is 12.8 Å². The van der Waals surface area contributed by atoms with Crippen molar-refractivity contribution in [2.45, 2.75) is 18.9 Å². The molecular weight excluding hydrogens is 220 g/mol. The molecule has 1 aliphatic rings. The number of rotatable bonds is 3. The van der Waals surface area contributed by atoms with E-state index in [1.807, 2.05) is 0 Å². The molecule has 0 atom stereocenters. The van der Waals surface area contributed by atoms with Crippen molar-refractivity contribution < 1.29 is 14.3 Å². The number of benzene rings is 1. The van der Waals surface area contributed by atoms with Crippen LogP contribution in [0, 0.1) is 0 Å². The van der Waals surface area contributed by atoms with Crippen molar-refractivity contribution in [2.75, 3.05) is 12.4 Å². The molecule has 5 heteroatoms. The lowest BCUT2D eigenvalue weighted by Crippen LogP contribution is -2.26. The summed E-state index contributed by atoms with van der Waals surface area (Å²) in [5.74, 6) is -0.167. The highest BCUT2D eigenvalue weighted by Gasteiger charge is 2.24. The Bertz CT molecular complexity index is 441. The monoisotopic (exact) mass is 234 g/mol. The Hall–Kier alpha value is -2.04. The molecule has 0 aliphatic heterocycles. The first kappa shape index (κ1) is 11.4. The highest BCUT2D eigenvalue weighted by Crippen LogP contribution is 2.21. The number of carbonyl (C=O) groups excluding carboxylic acids is 2. The zero-order chi connectivity index (χ0) is 12.3. The molecule has 0 aromatic heterocycles. The van der Waals surface area contributed by atoms with Gasteiger partial charge in [-0.05, 0) is 25.0 Å². The van der Waals surface area contributed by atoms with Crippen LogP contribution in [-0.2, 0) is 4.74 Å². The van der Waals surface area contributed by atoms with E-state index >= 15 is 0 Å². The largest absolute Gasteiger partial charge is 0.453 e. The van der Waals surface area contributed by atoms with Crippen LogP contribution in [0.1, 0.15) is 23.2 Å². The third-order valence-electron chi connectivity index (χ3n) is 2.51. The van der Waals surface area contributed by atoms with Crippen molar-refractivity contribution in [3.05, 3.63) is 29.8 Å². The van der Waals surface area contributed by atoms with Gasteiger partial charge in [0.05, 0.1) is 18.4 Å². The zero-order valence-electron chi connectivity index (χ0n) is 9.53. The molecule has 1 aromatic rings. The summed E-state index contributed by atoms with van der Waals surface area (Å²) < 4.78 is 4.50. The van der Waals surface area contributed by atoms with E-state index in [0.29, 0.717) is 11.3 Å². The van der Waals surface area contributed by atoms with Crippen LogP contribution in [0.25, 0.3) is 0 Å². The molecule has 1 aromatic carbocycles. The number of carbonyl (C=O) groups is 2. The number of anilines is 1. The van der Waals surface area contributed by atoms with E-state index in [1.54, 1.807) is 24.3 Å². The van der Waals surface area contributed by atoms with Crippen molar-refractivity contribution >= 4 is 17.7 Å². The summed E-state index contributed by atoms with van der Waals surface area (Å²) in [7, 11) is 1.28. The van der Waals surface area contributed by atoms with Gasteiger partial charge in [0.1, 0.15) is 0 Å². The van der Waals surface area contributed by atoms with Gasteiger partial charge in [-0.15, -0.1) is 0 Å². The van der Waals surface area contributed by atoms with Crippen LogP contribution in [0.2, 0.25) is 0 Å². The summed E-state index contributed by atoms with van der Waals surface area (Å²) >= 11 is 0. The fourth-order valence-electron chi connectivity index (χ4n) is 1.44. The maximum Gasteiger partial charge on any atom is 0.411 e. The van der Waals surface area contributed by atoms with Crippen LogP contribution in [0.4, 0.5) is 10.5 Å². The van der Waals surface area contributed by atoms with Crippen LogP contribution < -0.4 is 10.6 Å². The summed E-state index contributed by atoms with van der Waals surface area (Å²) in [5, 5.41) is 5.38. The molecule has 0 saturated heterocycles. The number of hydrogen-bond acceptors (Lipinski definition) is 3. The number of para-hydroxylation sites is 1. The molecule has 0 bridgehead atoms. The van der Waals surface area contributed by atoms with E-state index in [9.17, 15) is 9.59 Å². The van der Waals surface area contributed by atoms with Crippen molar-refractivity contribution in [1.29, 1.82) is 0 Å². The summed E-state index contributed by atoms with van der Waals surface area (Å²) in [6.45, 7) is 0. The lowest BCUT2D eigenvalue weighted by molar-refractivity contribution is 0.0952. The first-order chi connectivity index (χ1) is 8.20. The average molecular weight is 234 g/mol. The van der Waals surface area contributed by atoms with Gasteiger partial charge in [-0.3, -0.25) is 10.1 Å². The Kier molecular flexibility index (Phi) is 3.27. The van der Waals surface area contributed by atoms with Crippen LogP contribution in [0.5, 0.6) is 0 Å². The Balaban J connectivity index is 2.13. The fraction of sp³-hybridized carbons (Fsp3) is 0.333. The lowest BCUT2D eigenvalue weighted by Gasteiger charge is -2.10. The van der Waals surface area contributed by atoms with E-state index in [1.165, 1.54) is 7.11 Å². The maximum absolute atomic E-state index is 11.9. The summed E-state index contributed by atoms with van der Waals surface area (Å²) in [6.07, 6.45) is 1.47. The van der Waals surface area contributed by atoms with Crippen LogP contribution in [0.15, 0.2) is 24.3 Å². The number of amides is 2. The van der Waals surface area contributed by atoms with Gasteiger partial charge in [0, 0.05) is 6.04 Å². The van der Waals surface area contributed by atoms with Crippen LogP contribution in [-0.4, -0.2) is 25.2 Å². The SMILES string of the molecule is COC(=O)Nc1ccccc1C(=O)NC1CC1. The molecule has 2 rings (SSSR count). The Labute approximate surface area is 99.2 Å². The smallest absolute Gasteiger partial charge is 0.411 e. The Morgan fingerprint density at radius 3 is 2.65 bits per heavy atom. The number of ether oxygens (including phenoxy) is 1. The molecule has 0 unspecified atom stereocenters. The number of methoxy groups -OCH3 is 1. The first-order valence-electron chi connectivity index (χ1n) is 5.45. The predicted molar refractivity (Wildman–Crippen MR) is 63.0 cm³/mol. The van der Waals surface area contributed by atoms with Crippen LogP contribution in [0.3, 0.4) is 0 Å². The molecule has 1 aliphatic carbocycles. The molecule has 2 amide bonds. The van der Waals surface area contributed by atoms with E-state index in [-0.39, 0.29) is 11.9 Å². The van der Waals surface area contributed by atoms with Crippen LogP contribution >= 0.6 is 0 Å². The Morgan fingerprint density at radius 2 is 2.00 bits per heavy atom. The quantitative estimate of drug-likeness (QED) is 0.837. The molecule has 0 spiro atoms. The second-order valence-electron chi connectivity index (χ2n) is 3.91. The predicted octanol–water partition coefficient (Wildman–Crippen LogP) is 1.76. The van der Waals surface area contributed by atoms with Gasteiger partial charge < -0.3 is 10.1 Å². The lowest BCUT2D eigenvalue weighted by atomic mass is 10.1. The fourth-order valence-corrected chi connectivity index (χ4v) is 1.44. The van der Waals surface area contributed by atoms with Gasteiger partial charge in [-0.25, -0.2) is 4.79 Å². The van der Waals surface area contributed by atoms with Gasteiger partial charge >= 0.3 is 6.09 Å². The average Bonchev–Trinajstić information content (AvgIpc) is 3.13. The summed E-state index contributed by atoms with van der Waals surface area (Å²) in [4.78, 5) is 23.0. The van der Waals surface area contributed by atoms with Crippen molar-refractivity contribution in [3.63, 3.8) is 0 Å². The zero-order valence-corrected chi connectivity index (χ0v) is 9.53. The van der Waals surface area contributed by atoms with Gasteiger partial charge in [0.2, 0.25) is 0 Å². The highest BCUT2D eigenvalue weighted by molar-refractivity contribution is 6.02. The van der Waals surface area contributed by atoms with Crippen molar-refractivity contribution in [2.24, 2.45) is 0 Å². The summed E-state index contributed by atoms with van der Waals surface area (Å²) in [6, 6.07) is 7.12. The molecule has 2 N–H and O–H groups in total. The second kappa shape index (κ2) is 4.86. The Morgan fingerprint density at radius 1 is 1.29 bits per heavy atom. The molecule has 17 heavy (non-hydrogen) atoms.